The number of aryl methyl sites for hydroxylation is 1. The molecule has 2 aromatic rings. The zero-order chi connectivity index (χ0) is 17.3. The molecular formula is C16H17N3O5. The van der Waals surface area contributed by atoms with Crippen LogP contribution in [-0.2, 0) is 4.79 Å². The lowest BCUT2D eigenvalue weighted by atomic mass is 9.91. The van der Waals surface area contributed by atoms with Gasteiger partial charge in [-0.15, -0.1) is 0 Å². The normalized spacial score (nSPS) is 16.8. The fourth-order valence-electron chi connectivity index (χ4n) is 2.73. The molecule has 1 aromatic heterocycles. The van der Waals surface area contributed by atoms with Crippen LogP contribution in [0.15, 0.2) is 28.8 Å². The summed E-state index contributed by atoms with van der Waals surface area (Å²) in [5.74, 6) is -0.780. The molecule has 0 atom stereocenters. The Labute approximate surface area is 137 Å². The van der Waals surface area contributed by atoms with Gasteiger partial charge >= 0.3 is 5.97 Å². The Morgan fingerprint density at radius 1 is 1.25 bits per heavy atom. The predicted octanol–water partition coefficient (Wildman–Crippen LogP) is 1.10. The minimum Gasteiger partial charge on any atom is -0.479 e. The third-order valence-corrected chi connectivity index (χ3v) is 4.19. The van der Waals surface area contributed by atoms with Crippen LogP contribution in [0.5, 0.6) is 0 Å². The third kappa shape index (κ3) is 2.88. The van der Waals surface area contributed by atoms with E-state index >= 15 is 0 Å². The van der Waals surface area contributed by atoms with Crippen molar-refractivity contribution in [1.29, 1.82) is 0 Å². The first kappa shape index (κ1) is 16.1. The topological polar surface area (TPSA) is 117 Å². The van der Waals surface area contributed by atoms with Crippen molar-refractivity contribution in [3.63, 3.8) is 0 Å². The Kier molecular flexibility index (Phi) is 4.06. The number of nitrogens with zero attached hydrogens (tertiary/aromatic N) is 3. The van der Waals surface area contributed by atoms with Gasteiger partial charge in [0.05, 0.1) is 11.1 Å². The van der Waals surface area contributed by atoms with Crippen molar-refractivity contribution in [3.8, 4) is 11.5 Å². The molecule has 1 saturated heterocycles. The molecule has 126 valence electrons. The fraction of sp³-hybridized carbons (Fsp3) is 0.375. The predicted molar refractivity (Wildman–Crippen MR) is 82.2 cm³/mol. The number of aliphatic carboxylic acids is 1. The van der Waals surface area contributed by atoms with Crippen molar-refractivity contribution < 1.29 is 24.3 Å². The fourth-order valence-corrected chi connectivity index (χ4v) is 2.73. The molecule has 1 aliphatic rings. The molecule has 0 unspecified atom stereocenters. The number of aromatic nitrogens is 2. The van der Waals surface area contributed by atoms with Gasteiger partial charge in [-0.2, -0.15) is 4.98 Å². The van der Waals surface area contributed by atoms with E-state index in [9.17, 15) is 14.7 Å². The maximum Gasteiger partial charge on any atom is 0.335 e. The average molecular weight is 331 g/mol. The first-order chi connectivity index (χ1) is 11.4. The maximum atomic E-state index is 12.8. The Morgan fingerprint density at radius 3 is 2.50 bits per heavy atom. The molecular weight excluding hydrogens is 314 g/mol. The summed E-state index contributed by atoms with van der Waals surface area (Å²) in [5, 5.41) is 22.8. The third-order valence-electron chi connectivity index (χ3n) is 4.19. The summed E-state index contributed by atoms with van der Waals surface area (Å²) in [6.07, 6.45) is -0.00812. The molecule has 0 bridgehead atoms. The van der Waals surface area contributed by atoms with Crippen molar-refractivity contribution in [1.82, 2.24) is 15.0 Å². The number of rotatable bonds is 3. The highest BCUT2D eigenvalue weighted by Crippen LogP contribution is 2.27. The van der Waals surface area contributed by atoms with E-state index in [1.165, 1.54) is 4.90 Å². The Bertz CT molecular complexity index is 778. The van der Waals surface area contributed by atoms with E-state index in [4.69, 9.17) is 9.63 Å². The lowest BCUT2D eigenvalue weighted by molar-refractivity contribution is -0.162. The van der Waals surface area contributed by atoms with Crippen molar-refractivity contribution >= 4 is 11.9 Å². The van der Waals surface area contributed by atoms with E-state index in [2.05, 4.69) is 10.1 Å². The van der Waals surface area contributed by atoms with Gasteiger partial charge in [0.1, 0.15) is 0 Å². The van der Waals surface area contributed by atoms with E-state index in [0.717, 1.165) is 0 Å². The van der Waals surface area contributed by atoms with Gasteiger partial charge in [-0.3, -0.25) is 4.79 Å². The molecule has 0 saturated carbocycles. The number of carbonyl (C=O) groups excluding carboxylic acids is 1. The van der Waals surface area contributed by atoms with Gasteiger partial charge < -0.3 is 19.6 Å². The summed E-state index contributed by atoms with van der Waals surface area (Å²) in [7, 11) is 0. The van der Waals surface area contributed by atoms with Crippen LogP contribution in [0.1, 0.15) is 29.0 Å². The summed E-state index contributed by atoms with van der Waals surface area (Å²) in [6.45, 7) is 2.02. The van der Waals surface area contributed by atoms with Crippen LogP contribution in [0.25, 0.3) is 11.5 Å². The highest BCUT2D eigenvalue weighted by molar-refractivity contribution is 6.00. The van der Waals surface area contributed by atoms with Crippen molar-refractivity contribution in [2.24, 2.45) is 0 Å². The summed E-state index contributed by atoms with van der Waals surface area (Å²) in [4.78, 5) is 29.5. The summed E-state index contributed by atoms with van der Waals surface area (Å²) in [6, 6.07) is 6.88. The molecule has 1 aliphatic heterocycles. The number of carboxylic acids is 1. The van der Waals surface area contributed by atoms with Gasteiger partial charge in [0.15, 0.2) is 11.4 Å². The number of carboxylic acid groups (broad SMARTS) is 1. The maximum absolute atomic E-state index is 12.8. The van der Waals surface area contributed by atoms with E-state index in [1.807, 2.05) is 0 Å². The number of hydrogen-bond donors (Lipinski definition) is 2. The van der Waals surface area contributed by atoms with Crippen LogP contribution in [0.4, 0.5) is 0 Å². The van der Waals surface area contributed by atoms with Crippen LogP contribution in [0.3, 0.4) is 0 Å². The zero-order valence-corrected chi connectivity index (χ0v) is 13.1. The molecule has 1 amide bonds. The monoisotopic (exact) mass is 331 g/mol. The van der Waals surface area contributed by atoms with Gasteiger partial charge in [0, 0.05) is 25.9 Å². The molecule has 3 rings (SSSR count). The number of likely N-dealkylation sites (tertiary alicyclic amines) is 1. The minimum atomic E-state index is -1.76. The second-order valence-corrected chi connectivity index (χ2v) is 5.82. The van der Waals surface area contributed by atoms with Gasteiger partial charge in [0.25, 0.3) is 11.8 Å². The largest absolute Gasteiger partial charge is 0.479 e. The molecule has 2 N–H and O–H groups in total. The summed E-state index contributed by atoms with van der Waals surface area (Å²) >= 11 is 0. The molecule has 0 radical (unpaired) electrons. The number of carbonyl (C=O) groups is 2. The van der Waals surface area contributed by atoms with Gasteiger partial charge in [-0.25, -0.2) is 4.79 Å². The van der Waals surface area contributed by atoms with Crippen LogP contribution in [0.2, 0.25) is 0 Å². The van der Waals surface area contributed by atoms with Crippen molar-refractivity contribution in [3.05, 3.63) is 35.7 Å². The number of benzene rings is 1. The number of amides is 1. The molecule has 8 nitrogen and oxygen atoms in total. The van der Waals surface area contributed by atoms with Crippen LogP contribution in [0, 0.1) is 6.92 Å². The SMILES string of the molecule is Cc1noc(-c2ccccc2C(=O)N2CCC(O)(C(=O)O)CC2)n1. The number of hydrogen-bond acceptors (Lipinski definition) is 6. The van der Waals surface area contributed by atoms with Crippen molar-refractivity contribution in [2.45, 2.75) is 25.4 Å². The average Bonchev–Trinajstić information content (AvgIpc) is 3.01. The Morgan fingerprint density at radius 2 is 1.92 bits per heavy atom. The second kappa shape index (κ2) is 6.04. The van der Waals surface area contributed by atoms with Crippen LogP contribution < -0.4 is 0 Å². The highest BCUT2D eigenvalue weighted by Gasteiger charge is 2.40. The van der Waals surface area contributed by atoms with Crippen LogP contribution in [-0.4, -0.2) is 55.8 Å². The lowest BCUT2D eigenvalue weighted by Gasteiger charge is -2.35. The zero-order valence-electron chi connectivity index (χ0n) is 13.1. The standard InChI is InChI=1S/C16H17N3O5/c1-10-17-13(24-18-10)11-4-2-3-5-12(11)14(20)19-8-6-16(23,7-9-19)15(21)22/h2-5,23H,6-9H2,1H3,(H,21,22). The van der Waals surface area contributed by atoms with E-state index in [0.29, 0.717) is 17.0 Å². The van der Waals surface area contributed by atoms with Crippen LogP contribution >= 0.6 is 0 Å². The number of piperidine rings is 1. The molecule has 2 heterocycles. The van der Waals surface area contributed by atoms with Gasteiger partial charge in [-0.1, -0.05) is 17.3 Å². The van der Waals surface area contributed by atoms with E-state index in [-0.39, 0.29) is 37.7 Å². The molecule has 1 aromatic carbocycles. The van der Waals surface area contributed by atoms with Gasteiger partial charge in [0.2, 0.25) is 0 Å². The first-order valence-corrected chi connectivity index (χ1v) is 7.55. The lowest BCUT2D eigenvalue weighted by Crippen LogP contribution is -2.50. The summed E-state index contributed by atoms with van der Waals surface area (Å²) in [5.41, 5.74) is -0.830. The molecule has 0 spiro atoms. The molecule has 0 aliphatic carbocycles. The first-order valence-electron chi connectivity index (χ1n) is 7.55. The van der Waals surface area contributed by atoms with Crippen molar-refractivity contribution in [2.75, 3.05) is 13.1 Å². The number of aliphatic hydroxyl groups is 1. The van der Waals surface area contributed by atoms with E-state index in [1.54, 1.807) is 31.2 Å². The smallest absolute Gasteiger partial charge is 0.335 e. The molecule has 1 fully saturated rings. The second-order valence-electron chi connectivity index (χ2n) is 5.82. The minimum absolute atomic E-state index is 0.00406. The molecule has 24 heavy (non-hydrogen) atoms. The molecule has 8 heteroatoms. The summed E-state index contributed by atoms with van der Waals surface area (Å²) < 4.78 is 5.14. The highest BCUT2D eigenvalue weighted by atomic mass is 16.5. The Balaban J connectivity index is 1.83. The van der Waals surface area contributed by atoms with Gasteiger partial charge in [-0.05, 0) is 19.1 Å². The van der Waals surface area contributed by atoms with E-state index < -0.39 is 11.6 Å². The quantitative estimate of drug-likeness (QED) is 0.864. The Hall–Kier alpha value is -2.74.